The number of aromatic nitrogens is 5. The summed E-state index contributed by atoms with van der Waals surface area (Å²) < 4.78 is 7.41. The third-order valence-corrected chi connectivity index (χ3v) is 6.45. The minimum atomic E-state index is -0.299. The van der Waals surface area contributed by atoms with Gasteiger partial charge in [0, 0.05) is 40.9 Å². The summed E-state index contributed by atoms with van der Waals surface area (Å²) >= 11 is 4.47. The number of carbonyl (C=O) groups is 1. The third-order valence-electron chi connectivity index (χ3n) is 6.18. The highest BCUT2D eigenvalue weighted by atomic mass is 32.1. The van der Waals surface area contributed by atoms with Crippen LogP contribution in [0.5, 0.6) is 0 Å². The number of rotatable bonds is 6. The van der Waals surface area contributed by atoms with Crippen LogP contribution >= 0.6 is 12.6 Å². The minimum Gasteiger partial charge on any atom is -0.446 e. The SMILES string of the molecule is CC(S)c1cc2c(Nc3cc(C4CCC(OC(=O)NC5(C)CC5)C4)[nH]n3)nccn2n1. The number of nitrogens with one attached hydrogen (secondary N) is 3. The van der Waals surface area contributed by atoms with Gasteiger partial charge in [0.25, 0.3) is 0 Å². The molecule has 9 nitrogen and oxygen atoms in total. The zero-order valence-corrected chi connectivity index (χ0v) is 18.5. The second-order valence-electron chi connectivity index (χ2n) is 8.91. The lowest BCUT2D eigenvalue weighted by Gasteiger charge is -2.16. The van der Waals surface area contributed by atoms with Crippen molar-refractivity contribution in [3.8, 4) is 0 Å². The Bertz CT molecular complexity index is 1100. The van der Waals surface area contributed by atoms with Gasteiger partial charge in [-0.15, -0.1) is 0 Å². The largest absolute Gasteiger partial charge is 0.446 e. The Morgan fingerprint density at radius 1 is 1.39 bits per heavy atom. The highest BCUT2D eigenvalue weighted by Gasteiger charge is 2.40. The molecule has 2 aliphatic carbocycles. The highest BCUT2D eigenvalue weighted by Crippen LogP contribution is 2.37. The molecule has 164 valence electrons. The fourth-order valence-electron chi connectivity index (χ4n) is 4.04. The molecule has 1 amide bonds. The van der Waals surface area contributed by atoms with Crippen LogP contribution in [0.4, 0.5) is 16.4 Å². The molecule has 3 unspecified atom stereocenters. The average molecular weight is 442 g/mol. The Morgan fingerprint density at radius 2 is 2.23 bits per heavy atom. The van der Waals surface area contributed by atoms with Gasteiger partial charge in [-0.2, -0.15) is 22.8 Å². The Balaban J connectivity index is 1.23. The van der Waals surface area contributed by atoms with Crippen molar-refractivity contribution in [1.29, 1.82) is 0 Å². The number of hydrogen-bond acceptors (Lipinski definition) is 7. The average Bonchev–Trinajstić information content (AvgIpc) is 3.17. The Kier molecular flexibility index (Phi) is 5.04. The smallest absolute Gasteiger partial charge is 0.407 e. The maximum atomic E-state index is 12.1. The molecule has 2 aliphatic rings. The number of nitrogens with zero attached hydrogens (tertiary/aromatic N) is 4. The number of H-pyrrole nitrogens is 1. The van der Waals surface area contributed by atoms with Gasteiger partial charge in [-0.25, -0.2) is 14.3 Å². The first-order chi connectivity index (χ1) is 14.9. The number of ether oxygens (including phenoxy) is 1. The van der Waals surface area contributed by atoms with E-state index in [1.165, 1.54) is 0 Å². The molecule has 0 aromatic carbocycles. The first-order valence-electron chi connectivity index (χ1n) is 10.7. The summed E-state index contributed by atoms with van der Waals surface area (Å²) in [7, 11) is 0. The summed E-state index contributed by atoms with van der Waals surface area (Å²) in [5, 5.41) is 18.3. The fraction of sp³-hybridized carbons (Fsp3) is 0.524. The van der Waals surface area contributed by atoms with E-state index in [-0.39, 0.29) is 28.9 Å². The molecule has 0 aliphatic heterocycles. The van der Waals surface area contributed by atoms with Gasteiger partial charge >= 0.3 is 6.09 Å². The van der Waals surface area contributed by atoms with Crippen LogP contribution in [0.3, 0.4) is 0 Å². The second-order valence-corrected chi connectivity index (χ2v) is 9.68. The lowest BCUT2D eigenvalue weighted by atomic mass is 10.0. The number of anilines is 2. The second kappa shape index (κ2) is 7.74. The zero-order valence-electron chi connectivity index (χ0n) is 17.6. The van der Waals surface area contributed by atoms with Crippen LogP contribution in [0.2, 0.25) is 0 Å². The molecule has 3 atom stereocenters. The molecule has 2 saturated carbocycles. The monoisotopic (exact) mass is 441 g/mol. The molecule has 10 heteroatoms. The molecule has 5 rings (SSSR count). The van der Waals surface area contributed by atoms with Crippen LogP contribution in [0.15, 0.2) is 24.5 Å². The molecule has 3 aromatic rings. The van der Waals surface area contributed by atoms with Gasteiger partial charge in [0.2, 0.25) is 0 Å². The van der Waals surface area contributed by atoms with E-state index in [1.807, 2.05) is 32.2 Å². The van der Waals surface area contributed by atoms with Crippen LogP contribution in [0, 0.1) is 0 Å². The van der Waals surface area contributed by atoms with Crippen molar-refractivity contribution in [3.63, 3.8) is 0 Å². The van der Waals surface area contributed by atoms with Crippen LogP contribution in [-0.4, -0.2) is 42.5 Å². The molecule has 0 saturated heterocycles. The zero-order chi connectivity index (χ0) is 21.6. The maximum Gasteiger partial charge on any atom is 0.407 e. The Hall–Kier alpha value is -2.75. The van der Waals surface area contributed by atoms with Crippen LogP contribution in [0.25, 0.3) is 5.52 Å². The lowest BCUT2D eigenvalue weighted by Crippen LogP contribution is -2.36. The summed E-state index contributed by atoms with van der Waals surface area (Å²) in [6.07, 6.45) is 7.82. The predicted octanol–water partition coefficient (Wildman–Crippen LogP) is 4.10. The molecule has 0 bridgehead atoms. The number of hydrogen-bond donors (Lipinski definition) is 4. The van der Waals surface area contributed by atoms with Crippen molar-refractivity contribution in [3.05, 3.63) is 35.9 Å². The van der Waals surface area contributed by atoms with Gasteiger partial charge in [0.15, 0.2) is 11.6 Å². The molecule has 2 fully saturated rings. The van der Waals surface area contributed by atoms with E-state index in [0.29, 0.717) is 11.6 Å². The van der Waals surface area contributed by atoms with Gasteiger partial charge in [-0.3, -0.25) is 5.10 Å². The van der Waals surface area contributed by atoms with Gasteiger partial charge in [-0.1, -0.05) is 0 Å². The van der Waals surface area contributed by atoms with Gasteiger partial charge < -0.3 is 15.4 Å². The molecule has 3 N–H and O–H groups in total. The normalized spacial score (nSPS) is 22.9. The molecular formula is C21H27N7O2S. The molecule has 3 heterocycles. The number of carbonyl (C=O) groups excluding carboxylic acids is 1. The molecule has 0 spiro atoms. The first kappa shape index (κ1) is 20.2. The summed E-state index contributed by atoms with van der Waals surface area (Å²) in [6, 6.07) is 3.98. The van der Waals surface area contributed by atoms with Crippen molar-refractivity contribution < 1.29 is 9.53 Å². The van der Waals surface area contributed by atoms with Crippen molar-refractivity contribution in [2.24, 2.45) is 0 Å². The van der Waals surface area contributed by atoms with E-state index < -0.39 is 0 Å². The van der Waals surface area contributed by atoms with Gasteiger partial charge in [0.05, 0.1) is 5.69 Å². The fourth-order valence-corrected chi connectivity index (χ4v) is 4.17. The lowest BCUT2D eigenvalue weighted by molar-refractivity contribution is 0.0967. The van der Waals surface area contributed by atoms with E-state index in [0.717, 1.165) is 49.0 Å². The number of amides is 1. The quantitative estimate of drug-likeness (QED) is 0.429. The molecule has 0 radical (unpaired) electrons. The van der Waals surface area contributed by atoms with E-state index in [1.54, 1.807) is 10.7 Å². The molecule has 31 heavy (non-hydrogen) atoms. The summed E-state index contributed by atoms with van der Waals surface area (Å²) in [4.78, 5) is 16.5. The van der Waals surface area contributed by atoms with Gasteiger partial charge in [-0.05, 0) is 52.0 Å². The standard InChI is InChI=1S/C21H27N7O2S/c1-12(31)15-10-17-19(22-7-8-28(17)27-15)23-18-11-16(25-26-18)13-3-4-14(9-13)30-20(29)24-21(2)5-6-21/h7-8,10-14,31H,3-6,9H2,1-2H3,(H,24,29)(H2,22,23,25,26). The third kappa shape index (κ3) is 4.34. The molecular weight excluding hydrogens is 414 g/mol. The molecule has 3 aromatic heterocycles. The summed E-state index contributed by atoms with van der Waals surface area (Å²) in [5.74, 6) is 1.67. The van der Waals surface area contributed by atoms with Crippen molar-refractivity contribution in [1.82, 2.24) is 30.1 Å². The first-order valence-corrected chi connectivity index (χ1v) is 11.2. The Morgan fingerprint density at radius 3 is 3.00 bits per heavy atom. The van der Waals surface area contributed by atoms with Crippen molar-refractivity contribution >= 4 is 35.9 Å². The van der Waals surface area contributed by atoms with E-state index in [2.05, 4.69) is 43.5 Å². The van der Waals surface area contributed by atoms with E-state index >= 15 is 0 Å². The topological polar surface area (TPSA) is 109 Å². The van der Waals surface area contributed by atoms with E-state index in [4.69, 9.17) is 4.74 Å². The number of thiol groups is 1. The maximum absolute atomic E-state index is 12.1. The van der Waals surface area contributed by atoms with E-state index in [9.17, 15) is 4.79 Å². The summed E-state index contributed by atoms with van der Waals surface area (Å²) in [5.41, 5.74) is 2.73. The number of alkyl carbamates (subject to hydrolysis) is 1. The Labute approximate surface area is 185 Å². The van der Waals surface area contributed by atoms with Crippen LogP contribution < -0.4 is 10.6 Å². The number of aromatic amines is 1. The highest BCUT2D eigenvalue weighted by molar-refractivity contribution is 7.80. The summed E-state index contributed by atoms with van der Waals surface area (Å²) in [6.45, 7) is 4.03. The minimum absolute atomic E-state index is 0.0384. The number of fused-ring (bicyclic) bond motifs is 1. The van der Waals surface area contributed by atoms with Crippen LogP contribution in [-0.2, 0) is 4.74 Å². The predicted molar refractivity (Wildman–Crippen MR) is 120 cm³/mol. The van der Waals surface area contributed by atoms with Crippen molar-refractivity contribution in [2.45, 2.75) is 68.8 Å². The van der Waals surface area contributed by atoms with Crippen molar-refractivity contribution in [2.75, 3.05) is 5.32 Å². The van der Waals surface area contributed by atoms with Crippen LogP contribution in [0.1, 0.15) is 68.5 Å². The van der Waals surface area contributed by atoms with Gasteiger partial charge in [0.1, 0.15) is 11.6 Å².